The highest BCUT2D eigenvalue weighted by Crippen LogP contribution is 2.24. The lowest BCUT2D eigenvalue weighted by Crippen LogP contribution is -2.21. The number of hydrogen-bond donors (Lipinski definition) is 1. The molecule has 1 amide bonds. The number of aryl methyl sites for hydroxylation is 1. The summed E-state index contributed by atoms with van der Waals surface area (Å²) in [6.07, 6.45) is 1.61. The van der Waals surface area contributed by atoms with Crippen molar-refractivity contribution in [3.8, 4) is 11.3 Å². The van der Waals surface area contributed by atoms with Crippen molar-refractivity contribution in [2.24, 2.45) is 7.05 Å². The Kier molecular flexibility index (Phi) is 5.37. The Balaban J connectivity index is 1.81. The quantitative estimate of drug-likeness (QED) is 0.727. The van der Waals surface area contributed by atoms with E-state index in [0.29, 0.717) is 5.56 Å². The fraction of sp³-hybridized carbons (Fsp3) is 0.238. The van der Waals surface area contributed by atoms with Crippen molar-refractivity contribution in [2.75, 3.05) is 23.3 Å². The molecule has 134 valence electrons. The van der Waals surface area contributed by atoms with Crippen LogP contribution in [-0.4, -0.2) is 28.8 Å². The van der Waals surface area contributed by atoms with Crippen LogP contribution in [0.25, 0.3) is 11.3 Å². The maximum absolute atomic E-state index is 12.8. The monoisotopic (exact) mass is 348 g/mol. The van der Waals surface area contributed by atoms with Crippen molar-refractivity contribution in [3.63, 3.8) is 0 Å². The van der Waals surface area contributed by atoms with Gasteiger partial charge >= 0.3 is 0 Å². The van der Waals surface area contributed by atoms with Crippen LogP contribution in [0.1, 0.15) is 24.2 Å². The molecule has 0 fully saturated rings. The summed E-state index contributed by atoms with van der Waals surface area (Å²) in [6.45, 7) is 6.18. The molecule has 3 aromatic rings. The van der Waals surface area contributed by atoms with Gasteiger partial charge < -0.3 is 10.2 Å². The van der Waals surface area contributed by atoms with Crippen LogP contribution in [0, 0.1) is 0 Å². The molecular formula is C21H24N4O. The predicted octanol–water partition coefficient (Wildman–Crippen LogP) is 4.19. The first-order valence-electron chi connectivity index (χ1n) is 8.87. The van der Waals surface area contributed by atoms with Crippen LogP contribution in [0.5, 0.6) is 0 Å². The number of carbonyl (C=O) groups excluding carboxylic acids is 1. The van der Waals surface area contributed by atoms with Crippen LogP contribution in [0.2, 0.25) is 0 Å². The minimum Gasteiger partial charge on any atom is -0.372 e. The van der Waals surface area contributed by atoms with Crippen LogP contribution in [0.4, 0.5) is 11.4 Å². The maximum Gasteiger partial charge on any atom is 0.259 e. The molecule has 0 aliphatic heterocycles. The molecule has 0 spiro atoms. The molecule has 26 heavy (non-hydrogen) atoms. The van der Waals surface area contributed by atoms with E-state index < -0.39 is 0 Å². The van der Waals surface area contributed by atoms with Crippen molar-refractivity contribution >= 4 is 17.3 Å². The Morgan fingerprint density at radius 2 is 1.69 bits per heavy atom. The van der Waals surface area contributed by atoms with Gasteiger partial charge in [0.2, 0.25) is 0 Å². The summed E-state index contributed by atoms with van der Waals surface area (Å²) < 4.78 is 1.73. The molecule has 2 aromatic carbocycles. The topological polar surface area (TPSA) is 50.2 Å². The molecule has 0 atom stereocenters. The van der Waals surface area contributed by atoms with Gasteiger partial charge in [-0.25, -0.2) is 0 Å². The Labute approximate surface area is 154 Å². The van der Waals surface area contributed by atoms with Gasteiger partial charge in [0.1, 0.15) is 0 Å². The van der Waals surface area contributed by atoms with Crippen molar-refractivity contribution in [3.05, 3.63) is 66.4 Å². The van der Waals surface area contributed by atoms with Crippen molar-refractivity contribution < 1.29 is 4.79 Å². The lowest BCUT2D eigenvalue weighted by Gasteiger charge is -2.21. The molecule has 0 unspecified atom stereocenters. The maximum atomic E-state index is 12.8. The van der Waals surface area contributed by atoms with Gasteiger partial charge in [0.05, 0.1) is 17.5 Å². The number of nitrogens with zero attached hydrogens (tertiary/aromatic N) is 3. The first-order chi connectivity index (χ1) is 12.6. The molecule has 5 nitrogen and oxygen atoms in total. The van der Waals surface area contributed by atoms with E-state index in [2.05, 4.69) is 29.2 Å². The predicted molar refractivity (Wildman–Crippen MR) is 107 cm³/mol. The highest BCUT2D eigenvalue weighted by atomic mass is 16.1. The minimum absolute atomic E-state index is 0.160. The summed E-state index contributed by atoms with van der Waals surface area (Å²) >= 11 is 0. The zero-order chi connectivity index (χ0) is 18.5. The van der Waals surface area contributed by atoms with E-state index in [1.807, 2.05) is 61.6 Å². The summed E-state index contributed by atoms with van der Waals surface area (Å²) in [5.41, 5.74) is 4.26. The molecule has 1 aromatic heterocycles. The molecule has 1 heterocycles. The van der Waals surface area contributed by atoms with Gasteiger partial charge in [-0.1, -0.05) is 30.3 Å². The van der Waals surface area contributed by atoms with Crippen LogP contribution in [0.15, 0.2) is 60.8 Å². The average molecular weight is 348 g/mol. The number of nitrogens with one attached hydrogen (secondary N) is 1. The van der Waals surface area contributed by atoms with E-state index in [1.165, 1.54) is 0 Å². The second-order valence-corrected chi connectivity index (χ2v) is 6.07. The summed E-state index contributed by atoms with van der Waals surface area (Å²) in [4.78, 5) is 15.0. The van der Waals surface area contributed by atoms with Gasteiger partial charge in [-0.05, 0) is 38.1 Å². The number of rotatable bonds is 6. The Hall–Kier alpha value is -3.08. The minimum atomic E-state index is -0.160. The molecule has 0 aliphatic carbocycles. The van der Waals surface area contributed by atoms with Crippen molar-refractivity contribution in [1.29, 1.82) is 0 Å². The molecule has 3 rings (SSSR count). The average Bonchev–Trinajstić information content (AvgIpc) is 3.06. The largest absolute Gasteiger partial charge is 0.372 e. The second-order valence-electron chi connectivity index (χ2n) is 6.07. The fourth-order valence-electron chi connectivity index (χ4n) is 3.08. The molecule has 0 saturated carbocycles. The highest BCUT2D eigenvalue weighted by Gasteiger charge is 2.17. The molecule has 0 bridgehead atoms. The number of amides is 1. The van der Waals surface area contributed by atoms with Crippen molar-refractivity contribution in [2.45, 2.75) is 13.8 Å². The number of carbonyl (C=O) groups is 1. The van der Waals surface area contributed by atoms with E-state index in [9.17, 15) is 4.79 Å². The Morgan fingerprint density at radius 1 is 1.04 bits per heavy atom. The molecule has 1 N–H and O–H groups in total. The summed E-state index contributed by atoms with van der Waals surface area (Å²) in [5.74, 6) is -0.160. The Bertz CT molecular complexity index is 865. The van der Waals surface area contributed by atoms with E-state index >= 15 is 0 Å². The summed E-state index contributed by atoms with van der Waals surface area (Å²) in [6, 6.07) is 17.8. The lowest BCUT2D eigenvalue weighted by atomic mass is 10.1. The fourth-order valence-corrected chi connectivity index (χ4v) is 3.08. The number of anilines is 2. The third-order valence-electron chi connectivity index (χ3n) is 4.48. The van der Waals surface area contributed by atoms with Crippen LogP contribution < -0.4 is 10.2 Å². The molecule has 5 heteroatoms. The lowest BCUT2D eigenvalue weighted by molar-refractivity contribution is 0.102. The van der Waals surface area contributed by atoms with Crippen LogP contribution in [-0.2, 0) is 7.05 Å². The third kappa shape index (κ3) is 3.61. The number of hydrogen-bond acceptors (Lipinski definition) is 3. The third-order valence-corrected chi connectivity index (χ3v) is 4.48. The van der Waals surface area contributed by atoms with E-state index in [0.717, 1.165) is 35.7 Å². The van der Waals surface area contributed by atoms with Gasteiger partial charge in [0.15, 0.2) is 0 Å². The van der Waals surface area contributed by atoms with Gasteiger partial charge in [0, 0.05) is 37.1 Å². The van der Waals surface area contributed by atoms with Crippen molar-refractivity contribution in [1.82, 2.24) is 9.78 Å². The highest BCUT2D eigenvalue weighted by molar-refractivity contribution is 6.08. The normalized spacial score (nSPS) is 10.6. The SMILES string of the molecule is CCN(CC)c1ccc(NC(=O)c2cnn(C)c2-c2ccccc2)cc1. The molecular weight excluding hydrogens is 324 g/mol. The Morgan fingerprint density at radius 3 is 2.31 bits per heavy atom. The van der Waals surface area contributed by atoms with E-state index in [4.69, 9.17) is 0 Å². The van der Waals surface area contributed by atoms with Gasteiger partial charge in [-0.15, -0.1) is 0 Å². The van der Waals surface area contributed by atoms with Gasteiger partial charge in [-0.2, -0.15) is 5.10 Å². The number of benzene rings is 2. The first kappa shape index (κ1) is 17.7. The zero-order valence-electron chi connectivity index (χ0n) is 15.4. The first-order valence-corrected chi connectivity index (χ1v) is 8.87. The molecule has 0 aliphatic rings. The smallest absolute Gasteiger partial charge is 0.259 e. The van der Waals surface area contributed by atoms with Crippen LogP contribution >= 0.6 is 0 Å². The van der Waals surface area contributed by atoms with E-state index in [1.54, 1.807) is 10.9 Å². The second kappa shape index (κ2) is 7.87. The standard InChI is InChI=1S/C21H24N4O/c1-4-25(5-2)18-13-11-17(12-14-18)23-21(26)19-15-22-24(3)20(19)16-9-7-6-8-10-16/h6-15H,4-5H2,1-3H3,(H,23,26). The summed E-state index contributed by atoms with van der Waals surface area (Å²) in [7, 11) is 1.85. The zero-order valence-corrected chi connectivity index (χ0v) is 15.4. The van der Waals surface area contributed by atoms with Crippen LogP contribution in [0.3, 0.4) is 0 Å². The van der Waals surface area contributed by atoms with Gasteiger partial charge in [-0.3, -0.25) is 9.48 Å². The molecule has 0 radical (unpaired) electrons. The summed E-state index contributed by atoms with van der Waals surface area (Å²) in [5, 5.41) is 7.24. The molecule has 0 saturated heterocycles. The van der Waals surface area contributed by atoms with E-state index in [-0.39, 0.29) is 5.91 Å². The number of aromatic nitrogens is 2. The van der Waals surface area contributed by atoms with Gasteiger partial charge in [0.25, 0.3) is 5.91 Å².